The molecule has 14 aliphatic rings. The molecular weight excluding hydrogens is 432 g/mol. The van der Waals surface area contributed by atoms with Crippen LogP contribution >= 0.6 is 0 Å². The maximum Gasteiger partial charge on any atom is -0.00974 e. The van der Waals surface area contributed by atoms with Gasteiger partial charge in [0.15, 0.2) is 0 Å². The van der Waals surface area contributed by atoms with Gasteiger partial charge in [-0.3, -0.25) is 0 Å². The summed E-state index contributed by atoms with van der Waals surface area (Å²) in [4.78, 5) is 0. The molecule has 0 spiro atoms. The lowest BCUT2D eigenvalue weighted by atomic mass is 9.40. The fourth-order valence-corrected chi connectivity index (χ4v) is 19.2. The van der Waals surface area contributed by atoms with Crippen LogP contribution in [-0.4, -0.2) is 0 Å². The summed E-state index contributed by atoms with van der Waals surface area (Å²) >= 11 is 0. The van der Waals surface area contributed by atoms with Crippen LogP contribution in [0.3, 0.4) is 0 Å². The summed E-state index contributed by atoms with van der Waals surface area (Å²) in [5.41, 5.74) is 4.41. The molecule has 10 saturated carbocycles. The van der Waals surface area contributed by atoms with Crippen LogP contribution in [0.15, 0.2) is 35.5 Å². The van der Waals surface area contributed by atoms with Gasteiger partial charge < -0.3 is 0 Å². The Morgan fingerprint density at radius 2 is 0.694 bits per heavy atom. The number of rotatable bonds is 0. The summed E-state index contributed by atoms with van der Waals surface area (Å²) < 4.78 is 0. The van der Waals surface area contributed by atoms with E-state index in [-0.39, 0.29) is 0 Å². The summed E-state index contributed by atoms with van der Waals surface area (Å²) in [6.07, 6.45) is 20.6. The summed E-state index contributed by atoms with van der Waals surface area (Å²) in [5, 5.41) is 0. The standard InChI is InChI=1S/C36H40/c1-2-12-5-11(1)23-15-7-16(24(12)23)30-29(15)33-19-9-20(34(30)33)28-22-10-21(27(19)28)35-31-17-8-18(32(31)36(22)35)26-14-4-3-13(6-14)25(17)26/h1-4,11-34H,5-10H2. The number of hydrogen-bond donors (Lipinski definition) is 0. The Bertz CT molecular complexity index is 1200. The summed E-state index contributed by atoms with van der Waals surface area (Å²) in [5.74, 6) is 27.3. The van der Waals surface area contributed by atoms with Gasteiger partial charge in [0.25, 0.3) is 0 Å². The third-order valence-electron chi connectivity index (χ3n) is 18.6. The SMILES string of the molecule is C1=CC2CC1C1C3CC(C4C5=C(C6CC5C5C7CC(C65)C5C6C8CC(C9C%10C=CC(C%10)C89)C6C75)C34)C21. The largest absolute Gasteiger partial charge is 0.0848 e. The lowest BCUT2D eigenvalue weighted by Gasteiger charge is -2.64. The zero-order valence-corrected chi connectivity index (χ0v) is 21.4. The van der Waals surface area contributed by atoms with Crippen molar-refractivity contribution in [2.24, 2.45) is 142 Å². The molecule has 0 nitrogen and oxygen atoms in total. The zero-order chi connectivity index (χ0) is 22.1. The molecule has 0 heteroatoms. The Labute approximate surface area is 215 Å². The van der Waals surface area contributed by atoms with Crippen molar-refractivity contribution in [3.8, 4) is 0 Å². The molecule has 0 aromatic carbocycles. The van der Waals surface area contributed by atoms with Gasteiger partial charge in [-0.15, -0.1) is 0 Å². The van der Waals surface area contributed by atoms with E-state index in [0.717, 1.165) is 82.9 Å². The van der Waals surface area contributed by atoms with Crippen molar-refractivity contribution >= 4 is 0 Å². The summed E-state index contributed by atoms with van der Waals surface area (Å²) in [6.45, 7) is 0. The van der Waals surface area contributed by atoms with E-state index in [1.54, 1.807) is 38.5 Å². The van der Waals surface area contributed by atoms with Gasteiger partial charge in [0.05, 0.1) is 0 Å². The van der Waals surface area contributed by atoms with E-state index >= 15 is 0 Å². The Morgan fingerprint density at radius 1 is 0.333 bits per heavy atom. The van der Waals surface area contributed by atoms with Crippen molar-refractivity contribution in [1.82, 2.24) is 0 Å². The molecule has 0 radical (unpaired) electrons. The van der Waals surface area contributed by atoms with Crippen molar-refractivity contribution in [1.29, 1.82) is 0 Å². The van der Waals surface area contributed by atoms with E-state index in [2.05, 4.69) is 35.5 Å². The summed E-state index contributed by atoms with van der Waals surface area (Å²) in [7, 11) is 0. The first-order valence-electron chi connectivity index (χ1n) is 17.0. The lowest BCUT2D eigenvalue weighted by molar-refractivity contribution is -0.154. The molecule has 12 bridgehead atoms. The molecule has 0 aromatic heterocycles. The molecule has 184 valence electrons. The van der Waals surface area contributed by atoms with Crippen LogP contribution in [0.5, 0.6) is 0 Å². The minimum Gasteiger partial charge on any atom is -0.0848 e. The maximum atomic E-state index is 2.69. The Balaban J connectivity index is 0.849. The molecule has 0 heterocycles. The van der Waals surface area contributed by atoms with E-state index in [1.165, 1.54) is 59.2 Å². The molecule has 0 saturated heterocycles. The molecule has 14 rings (SSSR count). The highest BCUT2D eigenvalue weighted by atomic mass is 14.9. The van der Waals surface area contributed by atoms with Crippen LogP contribution < -0.4 is 0 Å². The van der Waals surface area contributed by atoms with Crippen LogP contribution in [-0.2, 0) is 0 Å². The second-order valence-corrected chi connectivity index (χ2v) is 17.8. The first kappa shape index (κ1) is 17.7. The van der Waals surface area contributed by atoms with E-state index in [0.29, 0.717) is 0 Å². The molecule has 36 heavy (non-hydrogen) atoms. The molecule has 0 aliphatic heterocycles. The molecular formula is C36H40. The first-order valence-corrected chi connectivity index (χ1v) is 17.0. The monoisotopic (exact) mass is 472 g/mol. The average Bonchev–Trinajstić information content (AvgIpc) is 3.71. The highest BCUT2D eigenvalue weighted by Gasteiger charge is 2.82. The van der Waals surface area contributed by atoms with Crippen LogP contribution in [0, 0.1) is 142 Å². The molecule has 10 fully saturated rings. The van der Waals surface area contributed by atoms with Gasteiger partial charge in [-0.1, -0.05) is 35.5 Å². The van der Waals surface area contributed by atoms with Crippen LogP contribution in [0.1, 0.15) is 38.5 Å². The first-order chi connectivity index (χ1) is 17.9. The highest BCUT2D eigenvalue weighted by Crippen LogP contribution is 2.87. The topological polar surface area (TPSA) is 0 Å². The maximum absolute atomic E-state index is 2.69. The van der Waals surface area contributed by atoms with Gasteiger partial charge in [0.1, 0.15) is 0 Å². The minimum atomic E-state index is 1.00. The average molecular weight is 473 g/mol. The van der Waals surface area contributed by atoms with Crippen molar-refractivity contribution in [3.05, 3.63) is 35.5 Å². The van der Waals surface area contributed by atoms with Crippen LogP contribution in [0.4, 0.5) is 0 Å². The number of allylic oxidation sites excluding steroid dienone is 6. The normalized spacial score (nSPS) is 79.8. The van der Waals surface area contributed by atoms with E-state index in [1.807, 2.05) is 0 Å². The van der Waals surface area contributed by atoms with E-state index in [9.17, 15) is 0 Å². The van der Waals surface area contributed by atoms with E-state index in [4.69, 9.17) is 0 Å². The Kier molecular flexibility index (Phi) is 2.45. The molecule has 14 aliphatic carbocycles. The fourth-order valence-electron chi connectivity index (χ4n) is 19.2. The molecule has 0 N–H and O–H groups in total. The predicted octanol–water partition coefficient (Wildman–Crippen LogP) is 6.72. The van der Waals surface area contributed by atoms with Crippen molar-refractivity contribution < 1.29 is 0 Å². The third-order valence-corrected chi connectivity index (χ3v) is 18.6. The van der Waals surface area contributed by atoms with E-state index < -0.39 is 0 Å². The Hall–Kier alpha value is -0.780. The van der Waals surface area contributed by atoms with Crippen LogP contribution in [0.25, 0.3) is 0 Å². The third kappa shape index (κ3) is 1.40. The van der Waals surface area contributed by atoms with Gasteiger partial charge in [-0.25, -0.2) is 0 Å². The zero-order valence-electron chi connectivity index (χ0n) is 21.4. The number of hydrogen-bond acceptors (Lipinski definition) is 0. The van der Waals surface area contributed by atoms with Crippen LogP contribution in [0.2, 0.25) is 0 Å². The van der Waals surface area contributed by atoms with Crippen molar-refractivity contribution in [2.45, 2.75) is 38.5 Å². The van der Waals surface area contributed by atoms with Gasteiger partial charge in [-0.05, 0) is 181 Å². The quantitative estimate of drug-likeness (QED) is 0.271. The number of fused-ring (bicyclic) bond motifs is 42. The van der Waals surface area contributed by atoms with Gasteiger partial charge in [0, 0.05) is 0 Å². The molecule has 24 unspecified atom stereocenters. The predicted molar refractivity (Wildman–Crippen MR) is 137 cm³/mol. The van der Waals surface area contributed by atoms with Gasteiger partial charge in [-0.2, -0.15) is 0 Å². The van der Waals surface area contributed by atoms with Crippen molar-refractivity contribution in [3.63, 3.8) is 0 Å². The molecule has 0 amide bonds. The minimum absolute atomic E-state index is 1.00. The highest BCUT2D eigenvalue weighted by molar-refractivity contribution is 5.51. The van der Waals surface area contributed by atoms with Crippen molar-refractivity contribution in [2.75, 3.05) is 0 Å². The van der Waals surface area contributed by atoms with Gasteiger partial charge in [0.2, 0.25) is 0 Å². The molecule has 0 aromatic rings. The summed E-state index contributed by atoms with van der Waals surface area (Å²) in [6, 6.07) is 0. The second kappa shape index (κ2) is 4.96. The fraction of sp³-hybridized carbons (Fsp3) is 0.833. The second-order valence-electron chi connectivity index (χ2n) is 17.8. The molecule has 24 atom stereocenters. The van der Waals surface area contributed by atoms with Gasteiger partial charge >= 0.3 is 0 Å². The smallest absolute Gasteiger partial charge is 0.00974 e. The Morgan fingerprint density at radius 3 is 1.14 bits per heavy atom. The lowest BCUT2D eigenvalue weighted by Crippen LogP contribution is -2.60.